The van der Waals surface area contributed by atoms with Crippen LogP contribution in [0.5, 0.6) is 5.75 Å². The number of carbonyl (C=O) groups is 3. The third-order valence-corrected chi connectivity index (χ3v) is 4.41. The molecule has 2 aromatic rings. The maximum Gasteiger partial charge on any atom is 0.305 e. The molecule has 2 rings (SSSR count). The molecular weight excluding hydrogens is 388 g/mol. The molecular formula is C21H28N4O5. The Morgan fingerprint density at radius 3 is 2.37 bits per heavy atom. The van der Waals surface area contributed by atoms with E-state index in [1.807, 2.05) is 0 Å². The number of amides is 3. The van der Waals surface area contributed by atoms with Gasteiger partial charge in [-0.3, -0.25) is 30.1 Å². The van der Waals surface area contributed by atoms with E-state index >= 15 is 0 Å². The maximum absolute atomic E-state index is 12.3. The Hall–Kier alpha value is -3.33. The highest BCUT2D eigenvalue weighted by molar-refractivity contribution is 5.98. The summed E-state index contributed by atoms with van der Waals surface area (Å²) in [5.74, 6) is -0.128. The number of benzene rings is 1. The highest BCUT2D eigenvalue weighted by Gasteiger charge is 2.14. The molecule has 0 atom stereocenters. The quantitative estimate of drug-likeness (QED) is 0.603. The molecule has 0 fully saturated rings. The smallest absolute Gasteiger partial charge is 0.305 e. The lowest BCUT2D eigenvalue weighted by atomic mass is 10.2. The zero-order valence-electron chi connectivity index (χ0n) is 17.7. The van der Waals surface area contributed by atoms with Crippen LogP contribution in [0.15, 0.2) is 40.8 Å². The van der Waals surface area contributed by atoms with Gasteiger partial charge in [0.05, 0.1) is 6.54 Å². The highest BCUT2D eigenvalue weighted by atomic mass is 16.5. The summed E-state index contributed by atoms with van der Waals surface area (Å²) in [5, 5.41) is 0. The van der Waals surface area contributed by atoms with Gasteiger partial charge in [0.2, 0.25) is 0 Å². The summed E-state index contributed by atoms with van der Waals surface area (Å²) in [6, 6.07) is 9.62. The molecule has 0 saturated heterocycles. The second-order valence-electron chi connectivity index (χ2n) is 6.74. The number of rotatable bonds is 9. The zero-order valence-corrected chi connectivity index (χ0v) is 17.7. The van der Waals surface area contributed by atoms with E-state index < -0.39 is 11.8 Å². The topological polar surface area (TPSA) is 104 Å². The summed E-state index contributed by atoms with van der Waals surface area (Å²) >= 11 is 0. The molecule has 0 aliphatic rings. The summed E-state index contributed by atoms with van der Waals surface area (Å²) in [6.07, 6.45) is 0. The summed E-state index contributed by atoms with van der Waals surface area (Å²) in [5.41, 5.74) is 4.94. The lowest BCUT2D eigenvalue weighted by Crippen LogP contribution is -2.41. The van der Waals surface area contributed by atoms with E-state index in [1.165, 1.54) is 11.0 Å². The first-order chi connectivity index (χ1) is 14.3. The van der Waals surface area contributed by atoms with Crippen LogP contribution < -0.4 is 15.6 Å². The summed E-state index contributed by atoms with van der Waals surface area (Å²) in [7, 11) is 3.26. The predicted molar refractivity (Wildman–Crippen MR) is 111 cm³/mol. The number of hydrogen-bond acceptors (Lipinski definition) is 6. The van der Waals surface area contributed by atoms with Gasteiger partial charge >= 0.3 is 5.91 Å². The first kappa shape index (κ1) is 23.0. The molecule has 1 aromatic carbocycles. The molecule has 0 unspecified atom stereocenters. The fourth-order valence-corrected chi connectivity index (χ4v) is 2.50. The second kappa shape index (κ2) is 11.0. The Morgan fingerprint density at radius 2 is 1.70 bits per heavy atom. The Balaban J connectivity index is 1.89. The van der Waals surface area contributed by atoms with E-state index in [0.717, 1.165) is 13.1 Å². The Kier molecular flexibility index (Phi) is 8.42. The van der Waals surface area contributed by atoms with Gasteiger partial charge in [0.15, 0.2) is 12.4 Å². The monoisotopic (exact) mass is 416 g/mol. The number of nitrogens with one attached hydrogen (secondary N) is 2. The van der Waals surface area contributed by atoms with Crippen molar-refractivity contribution in [2.24, 2.45) is 0 Å². The van der Waals surface area contributed by atoms with Crippen molar-refractivity contribution in [1.82, 2.24) is 20.7 Å². The average Bonchev–Trinajstić information content (AvgIpc) is 3.22. The van der Waals surface area contributed by atoms with Crippen molar-refractivity contribution in [3.63, 3.8) is 0 Å². The standard InChI is InChI=1S/C21H28N4O5/c1-5-25(6-2)13-17-10-11-18(30-17)21(28)23-22-20(27)15-8-7-9-16(12-15)29-14-19(26)24(3)4/h7-12H,5-6,13-14H2,1-4H3,(H,22,27)(H,23,28). The van der Waals surface area contributed by atoms with E-state index in [-0.39, 0.29) is 23.8 Å². The molecule has 0 saturated carbocycles. The average molecular weight is 416 g/mol. The molecule has 0 spiro atoms. The van der Waals surface area contributed by atoms with E-state index in [9.17, 15) is 14.4 Å². The highest BCUT2D eigenvalue weighted by Crippen LogP contribution is 2.14. The van der Waals surface area contributed by atoms with Crippen LogP contribution in [-0.4, -0.2) is 61.3 Å². The molecule has 9 heteroatoms. The molecule has 3 amide bonds. The van der Waals surface area contributed by atoms with Gasteiger partial charge < -0.3 is 14.1 Å². The molecule has 0 bridgehead atoms. The number of likely N-dealkylation sites (N-methyl/N-ethyl adjacent to an activating group) is 1. The number of nitrogens with zero attached hydrogens (tertiary/aromatic N) is 2. The van der Waals surface area contributed by atoms with Crippen molar-refractivity contribution in [2.75, 3.05) is 33.8 Å². The van der Waals surface area contributed by atoms with Gasteiger partial charge in [-0.1, -0.05) is 19.9 Å². The van der Waals surface area contributed by atoms with E-state index in [4.69, 9.17) is 9.15 Å². The van der Waals surface area contributed by atoms with Crippen molar-refractivity contribution in [2.45, 2.75) is 20.4 Å². The van der Waals surface area contributed by atoms with Crippen LogP contribution in [0.4, 0.5) is 0 Å². The third kappa shape index (κ3) is 6.63. The largest absolute Gasteiger partial charge is 0.484 e. The van der Waals surface area contributed by atoms with E-state index in [1.54, 1.807) is 44.4 Å². The fraction of sp³-hybridized carbons (Fsp3) is 0.381. The van der Waals surface area contributed by atoms with Crippen LogP contribution >= 0.6 is 0 Å². The number of ether oxygens (including phenoxy) is 1. The van der Waals surface area contributed by atoms with Gasteiger partial charge in [-0.15, -0.1) is 0 Å². The Morgan fingerprint density at radius 1 is 1.00 bits per heavy atom. The minimum Gasteiger partial charge on any atom is -0.484 e. The second-order valence-corrected chi connectivity index (χ2v) is 6.74. The summed E-state index contributed by atoms with van der Waals surface area (Å²) in [6.45, 7) is 6.33. The van der Waals surface area contributed by atoms with Crippen LogP contribution in [0.2, 0.25) is 0 Å². The zero-order chi connectivity index (χ0) is 22.1. The third-order valence-electron chi connectivity index (χ3n) is 4.41. The van der Waals surface area contributed by atoms with Gasteiger partial charge in [0.1, 0.15) is 11.5 Å². The van der Waals surface area contributed by atoms with E-state index in [0.29, 0.717) is 18.1 Å². The van der Waals surface area contributed by atoms with Gasteiger partial charge in [-0.2, -0.15) is 0 Å². The van der Waals surface area contributed by atoms with Crippen molar-refractivity contribution in [3.8, 4) is 5.75 Å². The summed E-state index contributed by atoms with van der Waals surface area (Å²) in [4.78, 5) is 39.7. The minimum absolute atomic E-state index is 0.108. The van der Waals surface area contributed by atoms with Crippen LogP contribution in [0.1, 0.15) is 40.5 Å². The van der Waals surface area contributed by atoms with Crippen molar-refractivity contribution < 1.29 is 23.5 Å². The molecule has 9 nitrogen and oxygen atoms in total. The Labute approximate surface area is 175 Å². The van der Waals surface area contributed by atoms with Crippen LogP contribution in [0.3, 0.4) is 0 Å². The van der Waals surface area contributed by atoms with Crippen molar-refractivity contribution in [1.29, 1.82) is 0 Å². The summed E-state index contributed by atoms with van der Waals surface area (Å²) < 4.78 is 10.9. The van der Waals surface area contributed by atoms with Gasteiger partial charge in [-0.05, 0) is 43.4 Å². The molecule has 162 valence electrons. The van der Waals surface area contributed by atoms with Gasteiger partial charge in [0.25, 0.3) is 11.8 Å². The molecule has 0 aliphatic carbocycles. The first-order valence-corrected chi connectivity index (χ1v) is 9.68. The van der Waals surface area contributed by atoms with Crippen molar-refractivity contribution >= 4 is 17.7 Å². The number of hydrogen-bond donors (Lipinski definition) is 2. The molecule has 1 aromatic heterocycles. The molecule has 30 heavy (non-hydrogen) atoms. The molecule has 2 N–H and O–H groups in total. The Bertz CT molecular complexity index is 874. The molecule has 1 heterocycles. The van der Waals surface area contributed by atoms with Crippen LogP contribution in [0, 0.1) is 0 Å². The minimum atomic E-state index is -0.557. The number of carbonyl (C=O) groups excluding carboxylic acids is 3. The lowest BCUT2D eigenvalue weighted by Gasteiger charge is -2.15. The number of furan rings is 1. The molecule has 0 aliphatic heterocycles. The maximum atomic E-state index is 12.3. The predicted octanol–water partition coefficient (Wildman–Crippen LogP) is 1.66. The van der Waals surface area contributed by atoms with Gasteiger partial charge in [-0.25, -0.2) is 0 Å². The molecule has 0 radical (unpaired) electrons. The van der Waals surface area contributed by atoms with Crippen molar-refractivity contribution in [3.05, 3.63) is 53.5 Å². The lowest BCUT2D eigenvalue weighted by molar-refractivity contribution is -0.130. The van der Waals surface area contributed by atoms with Gasteiger partial charge in [0, 0.05) is 19.7 Å². The van der Waals surface area contributed by atoms with Crippen LogP contribution in [-0.2, 0) is 11.3 Å². The first-order valence-electron chi connectivity index (χ1n) is 9.68. The SMILES string of the molecule is CCN(CC)Cc1ccc(C(=O)NNC(=O)c2cccc(OCC(=O)N(C)C)c2)o1. The normalized spacial score (nSPS) is 10.6. The fourth-order valence-electron chi connectivity index (χ4n) is 2.50. The van der Waals surface area contributed by atoms with Crippen LogP contribution in [0.25, 0.3) is 0 Å². The number of hydrazine groups is 1. The van der Waals surface area contributed by atoms with E-state index in [2.05, 4.69) is 29.6 Å².